The van der Waals surface area contributed by atoms with Crippen molar-refractivity contribution in [2.24, 2.45) is 5.92 Å². The SMILES string of the molecule is COc1ccc(C(CC(=O)NCCc2ccccc2O)C2CC2)cc1OC. The van der Waals surface area contributed by atoms with Crippen molar-refractivity contribution < 1.29 is 19.4 Å². The number of phenols is 1. The molecule has 1 aliphatic carbocycles. The maximum Gasteiger partial charge on any atom is 0.220 e. The molecule has 3 rings (SSSR count). The van der Waals surface area contributed by atoms with Gasteiger partial charge in [-0.05, 0) is 60.4 Å². The lowest BCUT2D eigenvalue weighted by molar-refractivity contribution is -0.121. The molecule has 2 aromatic carbocycles. The van der Waals surface area contributed by atoms with Crippen LogP contribution >= 0.6 is 0 Å². The zero-order valence-corrected chi connectivity index (χ0v) is 15.9. The van der Waals surface area contributed by atoms with E-state index >= 15 is 0 Å². The summed E-state index contributed by atoms with van der Waals surface area (Å²) in [6.45, 7) is 0.514. The molecule has 27 heavy (non-hydrogen) atoms. The standard InChI is InChI=1S/C22H27NO4/c1-26-20-10-9-17(13-21(20)27-2)18(15-7-8-15)14-22(25)23-12-11-16-5-3-4-6-19(16)24/h3-6,9-10,13,15,18,24H,7-8,11-12,14H2,1-2H3,(H,23,25). The number of nitrogens with one attached hydrogen (secondary N) is 1. The van der Waals surface area contributed by atoms with Crippen LogP contribution in [0.3, 0.4) is 0 Å². The number of aromatic hydroxyl groups is 1. The van der Waals surface area contributed by atoms with Gasteiger partial charge in [0.25, 0.3) is 0 Å². The lowest BCUT2D eigenvalue weighted by atomic mass is 9.90. The third kappa shape index (κ3) is 4.94. The van der Waals surface area contributed by atoms with Gasteiger partial charge in [-0.3, -0.25) is 4.79 Å². The fraction of sp³-hybridized carbons (Fsp3) is 0.409. The summed E-state index contributed by atoms with van der Waals surface area (Å²) in [5.41, 5.74) is 1.96. The molecule has 1 unspecified atom stereocenters. The predicted molar refractivity (Wildman–Crippen MR) is 104 cm³/mol. The van der Waals surface area contributed by atoms with Crippen molar-refractivity contribution in [2.75, 3.05) is 20.8 Å². The summed E-state index contributed by atoms with van der Waals surface area (Å²) in [7, 11) is 3.24. The Hall–Kier alpha value is -2.69. The molecule has 1 atom stereocenters. The van der Waals surface area contributed by atoms with Gasteiger partial charge in [-0.2, -0.15) is 0 Å². The normalized spacial score (nSPS) is 14.4. The lowest BCUT2D eigenvalue weighted by Crippen LogP contribution is -2.27. The van der Waals surface area contributed by atoms with Crippen molar-refractivity contribution in [1.82, 2.24) is 5.32 Å². The Morgan fingerprint density at radius 1 is 1.15 bits per heavy atom. The summed E-state index contributed by atoms with van der Waals surface area (Å²) in [6, 6.07) is 13.1. The summed E-state index contributed by atoms with van der Waals surface area (Å²) < 4.78 is 10.7. The van der Waals surface area contributed by atoms with Crippen LogP contribution in [0, 0.1) is 5.92 Å². The van der Waals surface area contributed by atoms with Crippen molar-refractivity contribution in [3.05, 3.63) is 53.6 Å². The fourth-order valence-electron chi connectivity index (χ4n) is 3.47. The molecule has 2 N–H and O–H groups in total. The molecule has 144 valence electrons. The minimum Gasteiger partial charge on any atom is -0.508 e. The number of methoxy groups -OCH3 is 2. The smallest absolute Gasteiger partial charge is 0.220 e. The van der Waals surface area contributed by atoms with Gasteiger partial charge >= 0.3 is 0 Å². The minimum atomic E-state index is 0.0390. The number of carbonyl (C=O) groups is 1. The predicted octanol–water partition coefficient (Wildman–Crippen LogP) is 3.65. The summed E-state index contributed by atoms with van der Waals surface area (Å²) in [5.74, 6) is 2.44. The van der Waals surface area contributed by atoms with Gasteiger partial charge in [-0.25, -0.2) is 0 Å². The van der Waals surface area contributed by atoms with Gasteiger partial charge in [-0.15, -0.1) is 0 Å². The summed E-state index contributed by atoms with van der Waals surface area (Å²) >= 11 is 0. The molecule has 0 spiro atoms. The second kappa shape index (κ2) is 8.80. The molecule has 1 fully saturated rings. The van der Waals surface area contributed by atoms with E-state index in [1.54, 1.807) is 26.4 Å². The molecule has 0 radical (unpaired) electrons. The molecule has 1 saturated carbocycles. The average molecular weight is 369 g/mol. The van der Waals surface area contributed by atoms with E-state index in [9.17, 15) is 9.90 Å². The van der Waals surface area contributed by atoms with Gasteiger partial charge in [0.15, 0.2) is 11.5 Å². The highest BCUT2D eigenvalue weighted by atomic mass is 16.5. The van der Waals surface area contributed by atoms with Crippen LogP contribution in [0.25, 0.3) is 0 Å². The molecule has 0 aromatic heterocycles. The maximum atomic E-state index is 12.5. The van der Waals surface area contributed by atoms with Crippen molar-refractivity contribution >= 4 is 5.91 Å². The third-order valence-electron chi connectivity index (χ3n) is 5.14. The number of rotatable bonds is 9. The molecule has 0 saturated heterocycles. The van der Waals surface area contributed by atoms with Crippen LogP contribution in [0.5, 0.6) is 17.2 Å². The zero-order chi connectivity index (χ0) is 19.2. The molecule has 1 amide bonds. The number of para-hydroxylation sites is 1. The van der Waals surface area contributed by atoms with E-state index in [-0.39, 0.29) is 17.6 Å². The van der Waals surface area contributed by atoms with E-state index in [0.29, 0.717) is 36.8 Å². The van der Waals surface area contributed by atoms with Crippen molar-refractivity contribution in [1.29, 1.82) is 0 Å². The molecule has 0 aliphatic heterocycles. The van der Waals surface area contributed by atoms with Gasteiger partial charge in [0.1, 0.15) is 5.75 Å². The van der Waals surface area contributed by atoms with Gasteiger partial charge in [0.2, 0.25) is 5.91 Å². The Kier molecular flexibility index (Phi) is 6.22. The Labute approximate surface area is 160 Å². The average Bonchev–Trinajstić information content (AvgIpc) is 3.52. The number of ether oxygens (including phenoxy) is 2. The highest BCUT2D eigenvalue weighted by Gasteiger charge is 2.34. The van der Waals surface area contributed by atoms with E-state index in [1.807, 2.05) is 30.3 Å². The Balaban J connectivity index is 1.59. The van der Waals surface area contributed by atoms with Crippen LogP contribution in [0.2, 0.25) is 0 Å². The number of phenolic OH excluding ortho intramolecular Hbond substituents is 1. The number of hydrogen-bond acceptors (Lipinski definition) is 4. The molecular formula is C22H27NO4. The molecule has 1 aliphatic rings. The molecular weight excluding hydrogens is 342 g/mol. The first-order valence-electron chi connectivity index (χ1n) is 9.38. The van der Waals surface area contributed by atoms with Crippen molar-refractivity contribution in [3.8, 4) is 17.2 Å². The summed E-state index contributed by atoms with van der Waals surface area (Å²) in [6.07, 6.45) is 3.39. The van der Waals surface area contributed by atoms with Gasteiger partial charge in [0, 0.05) is 13.0 Å². The van der Waals surface area contributed by atoms with E-state index in [2.05, 4.69) is 5.32 Å². The van der Waals surface area contributed by atoms with Crippen LogP contribution in [-0.2, 0) is 11.2 Å². The highest BCUT2D eigenvalue weighted by Crippen LogP contribution is 2.46. The number of benzene rings is 2. The fourth-order valence-corrected chi connectivity index (χ4v) is 3.47. The van der Waals surface area contributed by atoms with E-state index in [4.69, 9.17) is 9.47 Å². The number of amides is 1. The Morgan fingerprint density at radius 3 is 2.56 bits per heavy atom. The van der Waals surface area contributed by atoms with Crippen molar-refractivity contribution in [2.45, 2.75) is 31.6 Å². The number of carbonyl (C=O) groups excluding carboxylic acids is 1. The largest absolute Gasteiger partial charge is 0.508 e. The van der Waals surface area contributed by atoms with Crippen molar-refractivity contribution in [3.63, 3.8) is 0 Å². The second-order valence-electron chi connectivity index (χ2n) is 6.99. The van der Waals surface area contributed by atoms with Crippen LogP contribution in [0.4, 0.5) is 0 Å². The first kappa shape index (κ1) is 19.1. The van der Waals surface area contributed by atoms with Crippen LogP contribution in [0.15, 0.2) is 42.5 Å². The van der Waals surface area contributed by atoms with Crippen LogP contribution in [-0.4, -0.2) is 31.8 Å². The minimum absolute atomic E-state index is 0.0390. The Morgan fingerprint density at radius 2 is 1.89 bits per heavy atom. The number of hydrogen-bond donors (Lipinski definition) is 2. The van der Waals surface area contributed by atoms with E-state index in [1.165, 1.54) is 0 Å². The first-order chi connectivity index (χ1) is 13.1. The van der Waals surface area contributed by atoms with E-state index in [0.717, 1.165) is 24.0 Å². The second-order valence-corrected chi connectivity index (χ2v) is 6.99. The monoisotopic (exact) mass is 369 g/mol. The first-order valence-corrected chi connectivity index (χ1v) is 9.38. The van der Waals surface area contributed by atoms with Crippen LogP contribution in [0.1, 0.15) is 36.3 Å². The molecule has 5 heteroatoms. The van der Waals surface area contributed by atoms with Gasteiger partial charge in [0.05, 0.1) is 14.2 Å². The molecule has 0 bridgehead atoms. The molecule has 0 heterocycles. The summed E-state index contributed by atoms with van der Waals surface area (Å²) in [4.78, 5) is 12.5. The van der Waals surface area contributed by atoms with E-state index < -0.39 is 0 Å². The Bertz CT molecular complexity index is 786. The topological polar surface area (TPSA) is 67.8 Å². The van der Waals surface area contributed by atoms with Gasteiger partial charge < -0.3 is 19.9 Å². The van der Waals surface area contributed by atoms with Crippen LogP contribution < -0.4 is 14.8 Å². The maximum absolute atomic E-state index is 12.5. The van der Waals surface area contributed by atoms with Gasteiger partial charge in [-0.1, -0.05) is 24.3 Å². The summed E-state index contributed by atoms with van der Waals surface area (Å²) in [5, 5.41) is 12.8. The zero-order valence-electron chi connectivity index (χ0n) is 15.9. The molecule has 2 aromatic rings. The third-order valence-corrected chi connectivity index (χ3v) is 5.14. The lowest BCUT2D eigenvalue weighted by Gasteiger charge is -2.18. The highest BCUT2D eigenvalue weighted by molar-refractivity contribution is 5.77. The quantitative estimate of drug-likeness (QED) is 0.708. The molecule has 5 nitrogen and oxygen atoms in total.